The highest BCUT2D eigenvalue weighted by Crippen LogP contribution is 2.29. The van der Waals surface area contributed by atoms with Crippen molar-refractivity contribution in [2.75, 3.05) is 6.54 Å². The summed E-state index contributed by atoms with van der Waals surface area (Å²) in [4.78, 5) is 16.6. The second-order valence-corrected chi connectivity index (χ2v) is 6.00. The zero-order chi connectivity index (χ0) is 16.9. The summed E-state index contributed by atoms with van der Waals surface area (Å²) in [6.45, 7) is 4.01. The van der Waals surface area contributed by atoms with Gasteiger partial charge in [0.15, 0.2) is 5.76 Å². The number of rotatable bonds is 5. The molecule has 0 saturated carbocycles. The molecule has 1 N–H and O–H groups in total. The summed E-state index contributed by atoms with van der Waals surface area (Å²) in [6, 6.07) is 15.0. The van der Waals surface area contributed by atoms with Crippen molar-refractivity contribution >= 4 is 21.8 Å². The van der Waals surface area contributed by atoms with Crippen LogP contribution in [-0.4, -0.2) is 17.4 Å². The molecule has 120 valence electrons. The number of oxazole rings is 1. The van der Waals surface area contributed by atoms with Crippen LogP contribution in [0.5, 0.6) is 0 Å². The minimum Gasteiger partial charge on any atom is -0.436 e. The third-order valence-corrected chi connectivity index (χ3v) is 3.92. The lowest BCUT2D eigenvalue weighted by molar-refractivity contribution is 0.0958. The van der Waals surface area contributed by atoms with Crippen LogP contribution in [0, 0.1) is 0 Å². The number of halogens is 1. The Bertz CT molecular complexity index is 886. The van der Waals surface area contributed by atoms with E-state index in [1.807, 2.05) is 42.5 Å². The van der Waals surface area contributed by atoms with Crippen molar-refractivity contribution in [3.8, 4) is 22.8 Å². The average Bonchev–Trinajstić information content (AvgIpc) is 3.09. The summed E-state index contributed by atoms with van der Waals surface area (Å²) in [5.74, 6) is 0.870. The van der Waals surface area contributed by atoms with E-state index in [0.717, 1.165) is 10.0 Å². The fraction of sp³-hybridized carbons (Fsp3) is 0.0526. The standard InChI is InChI=1S/C19H15BrN2O2/c1-2-10-21-18(23)15-8-3-4-9-16(15)19-22-12-17(24-19)13-6-5-7-14(20)11-13/h2-9,11-12H,1,10H2,(H,21,23). The molecule has 0 bridgehead atoms. The van der Waals surface area contributed by atoms with Crippen LogP contribution in [0.4, 0.5) is 0 Å². The van der Waals surface area contributed by atoms with E-state index >= 15 is 0 Å². The molecule has 3 rings (SSSR count). The molecule has 0 atom stereocenters. The maximum Gasteiger partial charge on any atom is 0.252 e. The lowest BCUT2D eigenvalue weighted by atomic mass is 10.1. The lowest BCUT2D eigenvalue weighted by Gasteiger charge is -2.06. The first-order valence-electron chi connectivity index (χ1n) is 7.39. The molecule has 0 aliphatic carbocycles. The van der Waals surface area contributed by atoms with Crippen LogP contribution in [0.1, 0.15) is 10.4 Å². The van der Waals surface area contributed by atoms with Crippen molar-refractivity contribution in [1.29, 1.82) is 0 Å². The van der Waals surface area contributed by atoms with E-state index in [4.69, 9.17) is 4.42 Å². The number of carbonyl (C=O) groups excluding carboxylic acids is 1. The summed E-state index contributed by atoms with van der Waals surface area (Å²) in [7, 11) is 0. The molecule has 0 radical (unpaired) electrons. The highest BCUT2D eigenvalue weighted by atomic mass is 79.9. The molecule has 0 aliphatic rings. The van der Waals surface area contributed by atoms with Gasteiger partial charge >= 0.3 is 0 Å². The summed E-state index contributed by atoms with van der Waals surface area (Å²) in [6.07, 6.45) is 3.30. The predicted molar refractivity (Wildman–Crippen MR) is 97.6 cm³/mol. The third-order valence-electron chi connectivity index (χ3n) is 3.42. The fourth-order valence-electron chi connectivity index (χ4n) is 2.30. The highest BCUT2D eigenvalue weighted by molar-refractivity contribution is 9.10. The number of aromatic nitrogens is 1. The minimum atomic E-state index is -0.187. The molecule has 0 aliphatic heterocycles. The maximum atomic E-state index is 12.3. The molecular formula is C19H15BrN2O2. The second-order valence-electron chi connectivity index (χ2n) is 5.08. The Hall–Kier alpha value is -2.66. The Balaban J connectivity index is 1.96. The van der Waals surface area contributed by atoms with E-state index in [9.17, 15) is 4.79 Å². The number of amides is 1. The van der Waals surface area contributed by atoms with Gasteiger partial charge in [-0.2, -0.15) is 0 Å². The van der Waals surface area contributed by atoms with Gasteiger partial charge < -0.3 is 9.73 Å². The Morgan fingerprint density at radius 2 is 2.08 bits per heavy atom. The molecule has 2 aromatic carbocycles. The van der Waals surface area contributed by atoms with Gasteiger partial charge in [0.1, 0.15) is 0 Å². The number of hydrogen-bond acceptors (Lipinski definition) is 3. The molecule has 0 fully saturated rings. The number of nitrogens with one attached hydrogen (secondary N) is 1. The first kappa shape index (κ1) is 16.2. The molecule has 0 spiro atoms. The minimum absolute atomic E-state index is 0.187. The van der Waals surface area contributed by atoms with Crippen LogP contribution in [-0.2, 0) is 0 Å². The van der Waals surface area contributed by atoms with E-state index in [1.54, 1.807) is 18.3 Å². The van der Waals surface area contributed by atoms with E-state index in [0.29, 0.717) is 29.3 Å². The zero-order valence-electron chi connectivity index (χ0n) is 12.8. The quantitative estimate of drug-likeness (QED) is 0.651. The van der Waals surface area contributed by atoms with Gasteiger partial charge in [0.2, 0.25) is 5.89 Å². The van der Waals surface area contributed by atoms with Gasteiger partial charge in [-0.15, -0.1) is 6.58 Å². The Kier molecular flexibility index (Phi) is 4.91. The zero-order valence-corrected chi connectivity index (χ0v) is 14.4. The molecule has 0 unspecified atom stereocenters. The summed E-state index contributed by atoms with van der Waals surface area (Å²) in [5, 5.41) is 2.77. The van der Waals surface area contributed by atoms with Crippen molar-refractivity contribution in [3.63, 3.8) is 0 Å². The van der Waals surface area contributed by atoms with Crippen LogP contribution >= 0.6 is 15.9 Å². The van der Waals surface area contributed by atoms with Crippen molar-refractivity contribution in [1.82, 2.24) is 10.3 Å². The maximum absolute atomic E-state index is 12.3. The van der Waals surface area contributed by atoms with Gasteiger partial charge in [0.25, 0.3) is 5.91 Å². The van der Waals surface area contributed by atoms with Gasteiger partial charge in [0, 0.05) is 22.1 Å². The highest BCUT2D eigenvalue weighted by Gasteiger charge is 2.16. The summed E-state index contributed by atoms with van der Waals surface area (Å²) in [5.41, 5.74) is 2.08. The Labute approximate surface area is 148 Å². The molecule has 1 heterocycles. The fourth-order valence-corrected chi connectivity index (χ4v) is 2.70. The van der Waals surface area contributed by atoms with E-state index < -0.39 is 0 Å². The Morgan fingerprint density at radius 3 is 2.88 bits per heavy atom. The molecule has 5 heteroatoms. The van der Waals surface area contributed by atoms with Crippen LogP contribution < -0.4 is 5.32 Å². The third kappa shape index (κ3) is 3.46. The van der Waals surface area contributed by atoms with Crippen molar-refractivity contribution in [3.05, 3.63) is 77.4 Å². The van der Waals surface area contributed by atoms with Crippen LogP contribution in [0.2, 0.25) is 0 Å². The van der Waals surface area contributed by atoms with Gasteiger partial charge in [-0.25, -0.2) is 4.98 Å². The van der Waals surface area contributed by atoms with Gasteiger partial charge in [0.05, 0.1) is 11.8 Å². The average molecular weight is 383 g/mol. The molecule has 1 amide bonds. The van der Waals surface area contributed by atoms with Gasteiger partial charge in [-0.05, 0) is 24.3 Å². The molecular weight excluding hydrogens is 368 g/mol. The number of hydrogen-bond donors (Lipinski definition) is 1. The van der Waals surface area contributed by atoms with Crippen molar-refractivity contribution in [2.24, 2.45) is 0 Å². The largest absolute Gasteiger partial charge is 0.436 e. The lowest BCUT2D eigenvalue weighted by Crippen LogP contribution is -2.23. The molecule has 1 aromatic heterocycles. The van der Waals surface area contributed by atoms with E-state index in [2.05, 4.69) is 32.8 Å². The van der Waals surface area contributed by atoms with Crippen LogP contribution in [0.3, 0.4) is 0 Å². The van der Waals surface area contributed by atoms with E-state index in [1.165, 1.54) is 0 Å². The summed E-state index contributed by atoms with van der Waals surface area (Å²) < 4.78 is 6.83. The second kappa shape index (κ2) is 7.27. The smallest absolute Gasteiger partial charge is 0.252 e. The number of benzene rings is 2. The predicted octanol–water partition coefficient (Wildman–Crippen LogP) is 4.69. The first-order chi connectivity index (χ1) is 11.7. The monoisotopic (exact) mass is 382 g/mol. The van der Waals surface area contributed by atoms with Gasteiger partial charge in [-0.3, -0.25) is 4.79 Å². The number of nitrogens with zero attached hydrogens (tertiary/aromatic N) is 1. The van der Waals surface area contributed by atoms with Crippen LogP contribution in [0.15, 0.2) is 76.3 Å². The topological polar surface area (TPSA) is 55.1 Å². The van der Waals surface area contributed by atoms with Crippen molar-refractivity contribution in [2.45, 2.75) is 0 Å². The SMILES string of the molecule is C=CCNC(=O)c1ccccc1-c1ncc(-c2cccc(Br)c2)o1. The summed E-state index contributed by atoms with van der Waals surface area (Å²) >= 11 is 3.44. The normalized spacial score (nSPS) is 10.4. The van der Waals surface area contributed by atoms with Gasteiger partial charge in [-0.1, -0.05) is 46.3 Å². The van der Waals surface area contributed by atoms with E-state index in [-0.39, 0.29) is 5.91 Å². The molecule has 3 aromatic rings. The number of carbonyl (C=O) groups is 1. The Morgan fingerprint density at radius 1 is 1.25 bits per heavy atom. The van der Waals surface area contributed by atoms with Crippen molar-refractivity contribution < 1.29 is 9.21 Å². The first-order valence-corrected chi connectivity index (χ1v) is 8.18. The van der Waals surface area contributed by atoms with Crippen LogP contribution in [0.25, 0.3) is 22.8 Å². The molecule has 0 saturated heterocycles. The molecule has 4 nitrogen and oxygen atoms in total. The molecule has 24 heavy (non-hydrogen) atoms.